The largest absolute Gasteiger partial charge is 0.496 e. The summed E-state index contributed by atoms with van der Waals surface area (Å²) in [6.45, 7) is 0. The van der Waals surface area contributed by atoms with Crippen molar-refractivity contribution >= 4 is 15.9 Å². The number of benzene rings is 1. The Morgan fingerprint density at radius 3 is 2.60 bits per heavy atom. The Morgan fingerprint density at radius 1 is 1.33 bits per heavy atom. The molecule has 2 nitrogen and oxygen atoms in total. The first kappa shape index (κ1) is 11.0. The second-order valence-corrected chi connectivity index (χ2v) is 5.07. The highest BCUT2D eigenvalue weighted by Crippen LogP contribution is 2.38. The summed E-state index contributed by atoms with van der Waals surface area (Å²) in [5.41, 5.74) is 7.45. The molecule has 0 atom stereocenters. The van der Waals surface area contributed by atoms with Crippen LogP contribution in [0.3, 0.4) is 0 Å². The monoisotopic (exact) mass is 269 g/mol. The van der Waals surface area contributed by atoms with Gasteiger partial charge in [0.05, 0.1) is 11.6 Å². The SMILES string of the molecule is COc1cc(C2(N)CCCC2)ccc1Br. The Hall–Kier alpha value is -0.540. The number of hydrogen-bond donors (Lipinski definition) is 1. The van der Waals surface area contributed by atoms with Gasteiger partial charge in [-0.1, -0.05) is 18.9 Å². The third-order valence-electron chi connectivity index (χ3n) is 3.22. The quantitative estimate of drug-likeness (QED) is 0.895. The zero-order valence-corrected chi connectivity index (χ0v) is 10.5. The number of ether oxygens (including phenoxy) is 1. The molecule has 0 radical (unpaired) electrons. The van der Waals surface area contributed by atoms with Crippen LogP contribution in [0, 0.1) is 0 Å². The van der Waals surface area contributed by atoms with Crippen molar-refractivity contribution in [3.05, 3.63) is 28.2 Å². The van der Waals surface area contributed by atoms with Gasteiger partial charge in [0.15, 0.2) is 0 Å². The average Bonchev–Trinajstić information content (AvgIpc) is 2.67. The van der Waals surface area contributed by atoms with Gasteiger partial charge in [0.2, 0.25) is 0 Å². The zero-order chi connectivity index (χ0) is 10.9. The Balaban J connectivity index is 2.36. The van der Waals surface area contributed by atoms with Crippen molar-refractivity contribution in [3.8, 4) is 5.75 Å². The predicted molar refractivity (Wildman–Crippen MR) is 65.0 cm³/mol. The van der Waals surface area contributed by atoms with E-state index in [0.717, 1.165) is 23.1 Å². The second-order valence-electron chi connectivity index (χ2n) is 4.21. The van der Waals surface area contributed by atoms with Gasteiger partial charge in [-0.3, -0.25) is 0 Å². The van der Waals surface area contributed by atoms with Gasteiger partial charge in [0.25, 0.3) is 0 Å². The molecule has 0 heterocycles. The molecule has 1 aromatic rings. The van der Waals surface area contributed by atoms with Gasteiger partial charge in [-0.15, -0.1) is 0 Å². The first-order valence-electron chi connectivity index (χ1n) is 5.29. The second kappa shape index (κ2) is 4.14. The van der Waals surface area contributed by atoms with Crippen LogP contribution in [-0.2, 0) is 5.54 Å². The van der Waals surface area contributed by atoms with Gasteiger partial charge in [-0.2, -0.15) is 0 Å². The predicted octanol–water partition coefficient (Wildman–Crippen LogP) is 3.19. The highest BCUT2D eigenvalue weighted by Gasteiger charge is 2.31. The lowest BCUT2D eigenvalue weighted by Gasteiger charge is -2.24. The zero-order valence-electron chi connectivity index (χ0n) is 8.92. The minimum atomic E-state index is -0.131. The van der Waals surface area contributed by atoms with E-state index in [4.69, 9.17) is 10.5 Å². The number of halogens is 1. The fraction of sp³-hybridized carbons (Fsp3) is 0.500. The summed E-state index contributed by atoms with van der Waals surface area (Å²) in [5.74, 6) is 0.865. The lowest BCUT2D eigenvalue weighted by molar-refractivity contribution is 0.406. The molecule has 0 saturated heterocycles. The molecular formula is C12H16BrNO. The normalized spacial score (nSPS) is 19.1. The third kappa shape index (κ3) is 2.04. The first-order valence-corrected chi connectivity index (χ1v) is 6.08. The number of nitrogens with two attached hydrogens (primary N) is 1. The van der Waals surface area contributed by atoms with E-state index in [-0.39, 0.29) is 5.54 Å². The molecule has 3 heteroatoms. The molecule has 2 rings (SSSR count). The van der Waals surface area contributed by atoms with Crippen molar-refractivity contribution in [1.82, 2.24) is 0 Å². The topological polar surface area (TPSA) is 35.2 Å². The molecular weight excluding hydrogens is 254 g/mol. The van der Waals surface area contributed by atoms with Crippen LogP contribution in [0.4, 0.5) is 0 Å². The first-order chi connectivity index (χ1) is 7.15. The molecule has 0 amide bonds. The number of rotatable bonds is 2. The van der Waals surface area contributed by atoms with Crippen LogP contribution in [0.1, 0.15) is 31.2 Å². The van der Waals surface area contributed by atoms with Gasteiger partial charge < -0.3 is 10.5 Å². The number of methoxy groups -OCH3 is 1. The lowest BCUT2D eigenvalue weighted by Crippen LogP contribution is -2.32. The van der Waals surface area contributed by atoms with E-state index in [1.54, 1.807) is 7.11 Å². The van der Waals surface area contributed by atoms with E-state index in [1.165, 1.54) is 18.4 Å². The van der Waals surface area contributed by atoms with Gasteiger partial charge in [-0.25, -0.2) is 0 Å². The van der Waals surface area contributed by atoms with Gasteiger partial charge in [-0.05, 0) is 46.5 Å². The van der Waals surface area contributed by atoms with Crippen molar-refractivity contribution in [1.29, 1.82) is 0 Å². The lowest BCUT2D eigenvalue weighted by atomic mass is 9.89. The van der Waals surface area contributed by atoms with Crippen molar-refractivity contribution < 1.29 is 4.74 Å². The molecule has 15 heavy (non-hydrogen) atoms. The van der Waals surface area contributed by atoms with Crippen molar-refractivity contribution in [2.45, 2.75) is 31.2 Å². The van der Waals surface area contributed by atoms with Crippen molar-refractivity contribution in [2.24, 2.45) is 5.73 Å². The van der Waals surface area contributed by atoms with Gasteiger partial charge in [0, 0.05) is 5.54 Å². The maximum Gasteiger partial charge on any atom is 0.133 e. The van der Waals surface area contributed by atoms with Crippen LogP contribution in [0.25, 0.3) is 0 Å². The summed E-state index contributed by atoms with van der Waals surface area (Å²) >= 11 is 3.45. The summed E-state index contributed by atoms with van der Waals surface area (Å²) < 4.78 is 6.27. The molecule has 1 saturated carbocycles. The van der Waals surface area contributed by atoms with Crippen LogP contribution in [0.5, 0.6) is 5.75 Å². The van der Waals surface area contributed by atoms with E-state index < -0.39 is 0 Å². The molecule has 1 fully saturated rings. The minimum Gasteiger partial charge on any atom is -0.496 e. The summed E-state index contributed by atoms with van der Waals surface area (Å²) in [6.07, 6.45) is 4.62. The third-order valence-corrected chi connectivity index (χ3v) is 3.88. The molecule has 0 aromatic heterocycles. The highest BCUT2D eigenvalue weighted by atomic mass is 79.9. The molecule has 0 aliphatic heterocycles. The fourth-order valence-corrected chi connectivity index (χ4v) is 2.67. The Kier molecular flexibility index (Phi) is 3.03. The summed E-state index contributed by atoms with van der Waals surface area (Å²) in [7, 11) is 1.68. The summed E-state index contributed by atoms with van der Waals surface area (Å²) in [6, 6.07) is 6.16. The highest BCUT2D eigenvalue weighted by molar-refractivity contribution is 9.10. The standard InChI is InChI=1S/C12H16BrNO/c1-15-11-8-9(4-5-10(11)13)12(14)6-2-3-7-12/h4-5,8H,2-3,6-7,14H2,1H3. The molecule has 1 aliphatic rings. The maximum atomic E-state index is 6.38. The molecule has 0 bridgehead atoms. The van der Waals surface area contributed by atoms with Gasteiger partial charge in [0.1, 0.15) is 5.75 Å². The molecule has 82 valence electrons. The smallest absolute Gasteiger partial charge is 0.133 e. The van der Waals surface area contributed by atoms with E-state index in [0.29, 0.717) is 0 Å². The molecule has 2 N–H and O–H groups in total. The molecule has 0 unspecified atom stereocenters. The Labute approximate surface area is 98.9 Å². The van der Waals surface area contributed by atoms with E-state index in [2.05, 4.69) is 28.1 Å². The molecule has 1 aliphatic carbocycles. The van der Waals surface area contributed by atoms with E-state index >= 15 is 0 Å². The number of hydrogen-bond acceptors (Lipinski definition) is 2. The Bertz CT molecular complexity index is 359. The van der Waals surface area contributed by atoms with Crippen LogP contribution in [0.15, 0.2) is 22.7 Å². The molecule has 1 aromatic carbocycles. The van der Waals surface area contributed by atoms with Crippen molar-refractivity contribution in [2.75, 3.05) is 7.11 Å². The van der Waals surface area contributed by atoms with Crippen LogP contribution < -0.4 is 10.5 Å². The fourth-order valence-electron chi connectivity index (χ4n) is 2.26. The molecule has 0 spiro atoms. The van der Waals surface area contributed by atoms with Crippen LogP contribution in [-0.4, -0.2) is 7.11 Å². The minimum absolute atomic E-state index is 0.131. The summed E-state index contributed by atoms with van der Waals surface area (Å²) in [4.78, 5) is 0. The van der Waals surface area contributed by atoms with Crippen LogP contribution in [0.2, 0.25) is 0 Å². The maximum absolute atomic E-state index is 6.38. The van der Waals surface area contributed by atoms with Crippen molar-refractivity contribution in [3.63, 3.8) is 0 Å². The average molecular weight is 270 g/mol. The Morgan fingerprint density at radius 2 is 2.00 bits per heavy atom. The summed E-state index contributed by atoms with van der Waals surface area (Å²) in [5, 5.41) is 0. The van der Waals surface area contributed by atoms with E-state index in [9.17, 15) is 0 Å². The van der Waals surface area contributed by atoms with Gasteiger partial charge >= 0.3 is 0 Å². The van der Waals surface area contributed by atoms with Crippen LogP contribution >= 0.6 is 15.9 Å². The van der Waals surface area contributed by atoms with E-state index in [1.807, 2.05) is 6.07 Å².